The second kappa shape index (κ2) is 12.0. The van der Waals surface area contributed by atoms with E-state index in [9.17, 15) is 0 Å². The van der Waals surface area contributed by atoms with Crippen LogP contribution in [0.2, 0.25) is 0 Å². The smallest absolute Gasteiger partial charge is 0.191 e. The van der Waals surface area contributed by atoms with E-state index in [0.29, 0.717) is 12.6 Å². The number of aliphatic imine (C=N–C) groups is 1. The molecular formula is C18H30BrIN4O. The quantitative estimate of drug-likeness (QED) is 0.339. The van der Waals surface area contributed by atoms with Crippen molar-refractivity contribution in [1.29, 1.82) is 0 Å². The maximum Gasteiger partial charge on any atom is 0.191 e. The highest BCUT2D eigenvalue weighted by Crippen LogP contribution is 2.22. The molecule has 0 bridgehead atoms. The molecule has 0 atom stereocenters. The number of halogens is 2. The third kappa shape index (κ3) is 7.30. The van der Waals surface area contributed by atoms with Gasteiger partial charge in [-0.2, -0.15) is 0 Å². The molecular weight excluding hydrogens is 495 g/mol. The van der Waals surface area contributed by atoms with Crippen LogP contribution in [0.1, 0.15) is 31.7 Å². The molecule has 7 heteroatoms. The lowest BCUT2D eigenvalue weighted by Gasteiger charge is -2.32. The maximum atomic E-state index is 5.42. The van der Waals surface area contributed by atoms with Crippen molar-refractivity contribution < 1.29 is 4.74 Å². The highest BCUT2D eigenvalue weighted by Gasteiger charge is 2.19. The van der Waals surface area contributed by atoms with E-state index in [4.69, 9.17) is 4.74 Å². The summed E-state index contributed by atoms with van der Waals surface area (Å²) in [5.41, 5.74) is 1.10. The molecule has 0 unspecified atom stereocenters. The van der Waals surface area contributed by atoms with Crippen LogP contribution in [0.15, 0.2) is 27.7 Å². The Balaban J connectivity index is 0.00000312. The van der Waals surface area contributed by atoms with Gasteiger partial charge in [0.2, 0.25) is 0 Å². The van der Waals surface area contributed by atoms with Crippen molar-refractivity contribution in [3.8, 4) is 5.75 Å². The molecule has 0 aromatic heterocycles. The molecule has 1 heterocycles. The maximum absolute atomic E-state index is 5.42. The van der Waals surface area contributed by atoms with Crippen LogP contribution in [0.3, 0.4) is 0 Å². The van der Waals surface area contributed by atoms with Gasteiger partial charge in [-0.15, -0.1) is 24.0 Å². The molecule has 2 rings (SSSR count). The molecule has 2 N–H and O–H groups in total. The van der Waals surface area contributed by atoms with Crippen LogP contribution in [0.25, 0.3) is 0 Å². The molecule has 1 aromatic rings. The molecule has 0 radical (unpaired) electrons. The van der Waals surface area contributed by atoms with Crippen molar-refractivity contribution in [2.24, 2.45) is 4.99 Å². The van der Waals surface area contributed by atoms with Crippen molar-refractivity contribution in [2.75, 3.05) is 33.8 Å². The van der Waals surface area contributed by atoms with Gasteiger partial charge in [0.05, 0.1) is 7.11 Å². The van der Waals surface area contributed by atoms with Gasteiger partial charge in [0.25, 0.3) is 0 Å². The number of hydrogen-bond donors (Lipinski definition) is 2. The Bertz CT molecular complexity index is 548. The van der Waals surface area contributed by atoms with Crippen LogP contribution < -0.4 is 15.4 Å². The fraction of sp³-hybridized carbons (Fsp3) is 0.611. The van der Waals surface area contributed by atoms with Gasteiger partial charge in [-0.1, -0.05) is 22.9 Å². The number of nitrogens with one attached hydrogen (secondary N) is 2. The predicted octanol–water partition coefficient (Wildman–Crippen LogP) is 3.62. The number of hydrogen-bond acceptors (Lipinski definition) is 3. The van der Waals surface area contributed by atoms with Gasteiger partial charge in [-0.05, 0) is 44.0 Å². The Morgan fingerprint density at radius 2 is 2.08 bits per heavy atom. The van der Waals surface area contributed by atoms with Crippen molar-refractivity contribution in [1.82, 2.24) is 15.5 Å². The summed E-state index contributed by atoms with van der Waals surface area (Å²) in [5.74, 6) is 1.74. The van der Waals surface area contributed by atoms with Gasteiger partial charge in [-0.25, -0.2) is 0 Å². The standard InChI is InChI=1S/C18H29BrN4O.HI/c1-4-9-23-10-7-16(8-11-23)22-18(20-2)21-13-14-12-15(19)5-6-17(14)24-3;/h5-6,12,16H,4,7-11,13H2,1-3H3,(H2,20,21,22);1H. The van der Waals surface area contributed by atoms with E-state index in [1.54, 1.807) is 7.11 Å². The first-order valence-electron chi connectivity index (χ1n) is 8.68. The van der Waals surface area contributed by atoms with Gasteiger partial charge < -0.3 is 20.3 Å². The Hall–Kier alpha value is -0.540. The molecule has 5 nitrogen and oxygen atoms in total. The highest BCUT2D eigenvalue weighted by atomic mass is 127. The number of ether oxygens (including phenoxy) is 1. The fourth-order valence-corrected chi connectivity index (χ4v) is 3.48. The van der Waals surface area contributed by atoms with E-state index in [1.807, 2.05) is 19.2 Å². The van der Waals surface area contributed by atoms with E-state index in [2.05, 4.69) is 49.4 Å². The molecule has 0 aliphatic carbocycles. The fourth-order valence-electron chi connectivity index (χ4n) is 3.07. The van der Waals surface area contributed by atoms with Gasteiger partial charge in [-0.3, -0.25) is 4.99 Å². The van der Waals surface area contributed by atoms with Gasteiger partial charge in [0, 0.05) is 42.8 Å². The zero-order valence-electron chi connectivity index (χ0n) is 15.3. The summed E-state index contributed by atoms with van der Waals surface area (Å²) in [4.78, 5) is 6.90. The number of nitrogens with zero attached hydrogens (tertiary/aromatic N) is 2. The molecule has 0 amide bonds. The first kappa shape index (κ1) is 22.5. The lowest BCUT2D eigenvalue weighted by molar-refractivity contribution is 0.206. The molecule has 1 saturated heterocycles. The summed E-state index contributed by atoms with van der Waals surface area (Å²) < 4.78 is 6.47. The number of methoxy groups -OCH3 is 1. The van der Waals surface area contributed by atoms with E-state index in [0.717, 1.165) is 21.7 Å². The molecule has 142 valence electrons. The van der Waals surface area contributed by atoms with E-state index in [1.165, 1.54) is 38.9 Å². The van der Waals surface area contributed by atoms with Crippen LogP contribution in [0, 0.1) is 0 Å². The lowest BCUT2D eigenvalue weighted by atomic mass is 10.1. The van der Waals surface area contributed by atoms with Crippen molar-refractivity contribution in [3.05, 3.63) is 28.2 Å². The average molecular weight is 525 g/mol. The number of guanidine groups is 1. The Kier molecular flexibility index (Phi) is 10.8. The molecule has 1 aromatic carbocycles. The Labute approximate surface area is 177 Å². The molecule has 0 spiro atoms. The van der Waals surface area contributed by atoms with Crippen molar-refractivity contribution >= 4 is 45.9 Å². The number of piperidine rings is 1. The zero-order chi connectivity index (χ0) is 17.4. The Morgan fingerprint density at radius 3 is 2.68 bits per heavy atom. The van der Waals surface area contributed by atoms with E-state index in [-0.39, 0.29) is 24.0 Å². The monoisotopic (exact) mass is 524 g/mol. The third-order valence-electron chi connectivity index (χ3n) is 4.38. The summed E-state index contributed by atoms with van der Waals surface area (Å²) in [5, 5.41) is 6.95. The van der Waals surface area contributed by atoms with E-state index >= 15 is 0 Å². The minimum absolute atomic E-state index is 0. The minimum Gasteiger partial charge on any atom is -0.496 e. The zero-order valence-corrected chi connectivity index (χ0v) is 19.3. The molecule has 1 aliphatic rings. The first-order chi connectivity index (χ1) is 11.7. The minimum atomic E-state index is 0. The van der Waals surface area contributed by atoms with Crippen molar-refractivity contribution in [2.45, 2.75) is 38.8 Å². The number of benzene rings is 1. The lowest BCUT2D eigenvalue weighted by Crippen LogP contribution is -2.48. The third-order valence-corrected chi connectivity index (χ3v) is 4.87. The summed E-state index contributed by atoms with van der Waals surface area (Å²) in [6, 6.07) is 6.52. The first-order valence-corrected chi connectivity index (χ1v) is 9.47. The van der Waals surface area contributed by atoms with E-state index < -0.39 is 0 Å². The normalized spacial score (nSPS) is 16.2. The summed E-state index contributed by atoms with van der Waals surface area (Å²) >= 11 is 3.51. The van der Waals surface area contributed by atoms with Crippen LogP contribution in [-0.2, 0) is 6.54 Å². The van der Waals surface area contributed by atoms with Crippen LogP contribution in [0.4, 0.5) is 0 Å². The second-order valence-electron chi connectivity index (χ2n) is 6.14. The van der Waals surface area contributed by atoms with Crippen LogP contribution in [-0.4, -0.2) is 50.7 Å². The van der Waals surface area contributed by atoms with Crippen molar-refractivity contribution in [3.63, 3.8) is 0 Å². The van der Waals surface area contributed by atoms with Gasteiger partial charge in [0.1, 0.15) is 5.75 Å². The Morgan fingerprint density at radius 1 is 1.36 bits per heavy atom. The summed E-state index contributed by atoms with van der Waals surface area (Å²) in [6.07, 6.45) is 3.57. The summed E-state index contributed by atoms with van der Waals surface area (Å²) in [7, 11) is 3.52. The largest absolute Gasteiger partial charge is 0.496 e. The highest BCUT2D eigenvalue weighted by molar-refractivity contribution is 14.0. The van der Waals surface area contributed by atoms with Gasteiger partial charge >= 0.3 is 0 Å². The predicted molar refractivity (Wildman–Crippen MR) is 119 cm³/mol. The molecule has 1 fully saturated rings. The van der Waals surface area contributed by atoms with Crippen LogP contribution in [0.5, 0.6) is 5.75 Å². The SMILES string of the molecule is CCCN1CCC(NC(=NC)NCc2cc(Br)ccc2OC)CC1.I. The molecule has 1 aliphatic heterocycles. The average Bonchev–Trinajstić information content (AvgIpc) is 2.60. The molecule has 25 heavy (non-hydrogen) atoms. The number of rotatable bonds is 6. The van der Waals surface area contributed by atoms with Crippen LogP contribution >= 0.6 is 39.9 Å². The second-order valence-corrected chi connectivity index (χ2v) is 7.06. The number of likely N-dealkylation sites (tertiary alicyclic amines) is 1. The topological polar surface area (TPSA) is 48.9 Å². The van der Waals surface area contributed by atoms with Gasteiger partial charge in [0.15, 0.2) is 5.96 Å². The molecule has 0 saturated carbocycles. The summed E-state index contributed by atoms with van der Waals surface area (Å²) in [6.45, 7) is 6.47.